The number of halogens is 3. The second kappa shape index (κ2) is 7.69. The van der Waals surface area contributed by atoms with Crippen LogP contribution in [0.2, 0.25) is 0 Å². The van der Waals surface area contributed by atoms with E-state index < -0.39 is 29.4 Å². The van der Waals surface area contributed by atoms with Gasteiger partial charge in [0.05, 0.1) is 5.56 Å². The number of nitrogens with one attached hydrogen (secondary N) is 3. The van der Waals surface area contributed by atoms with E-state index in [4.69, 9.17) is 0 Å². The number of urea groups is 1. The van der Waals surface area contributed by atoms with Gasteiger partial charge in [0.1, 0.15) is 0 Å². The lowest BCUT2D eigenvalue weighted by atomic mass is 10.2. The fourth-order valence-electron chi connectivity index (χ4n) is 2.01. The summed E-state index contributed by atoms with van der Waals surface area (Å²) in [5.74, 6) is -0.911. The quantitative estimate of drug-likeness (QED) is 0.717. The third kappa shape index (κ3) is 5.23. The monoisotopic (exact) mass is 355 g/mol. The number of carbonyl (C=O) groups is 2. The van der Waals surface area contributed by atoms with Gasteiger partial charge in [0, 0.05) is 32.0 Å². The number of carbonyl (C=O) groups excluding carboxylic acids is 2. The molecule has 0 fully saturated rings. The molecule has 0 aliphatic carbocycles. The zero-order chi connectivity index (χ0) is 18.4. The van der Waals surface area contributed by atoms with Crippen molar-refractivity contribution >= 4 is 17.6 Å². The third-order valence-electron chi connectivity index (χ3n) is 3.07. The lowest BCUT2D eigenvalue weighted by Gasteiger charge is -2.09. The first-order valence-corrected chi connectivity index (χ1v) is 7.26. The van der Waals surface area contributed by atoms with Crippen LogP contribution in [0, 0.1) is 0 Å². The van der Waals surface area contributed by atoms with Crippen molar-refractivity contribution in [3.63, 3.8) is 0 Å². The van der Waals surface area contributed by atoms with Crippen LogP contribution in [-0.2, 0) is 13.2 Å². The Morgan fingerprint density at radius 3 is 2.40 bits per heavy atom. The van der Waals surface area contributed by atoms with Gasteiger partial charge >= 0.3 is 12.2 Å². The van der Waals surface area contributed by atoms with Crippen LogP contribution >= 0.6 is 0 Å². The van der Waals surface area contributed by atoms with E-state index in [-0.39, 0.29) is 13.1 Å². The topological polar surface area (TPSA) is 88.0 Å². The molecule has 1 aromatic heterocycles. The Kier molecular flexibility index (Phi) is 5.63. The summed E-state index contributed by atoms with van der Waals surface area (Å²) in [6.45, 7) is 0.0131. The lowest BCUT2D eigenvalue weighted by molar-refractivity contribution is -0.141. The zero-order valence-corrected chi connectivity index (χ0v) is 13.2. The van der Waals surface area contributed by atoms with Crippen molar-refractivity contribution in [1.29, 1.82) is 0 Å². The third-order valence-corrected chi connectivity index (χ3v) is 3.07. The molecule has 3 N–H and O–H groups in total. The largest absolute Gasteiger partial charge is 0.435 e. The molecule has 2 rings (SSSR count). The SMILES string of the molecule is Cn1cc(C(=O)NCCNC(=O)Nc2ccccc2)c(C(F)(F)F)n1. The molecule has 7 nitrogen and oxygen atoms in total. The van der Waals surface area contributed by atoms with Crippen LogP contribution in [0.15, 0.2) is 36.5 Å². The van der Waals surface area contributed by atoms with Crippen molar-refractivity contribution in [2.45, 2.75) is 6.18 Å². The van der Waals surface area contributed by atoms with E-state index in [0.717, 1.165) is 10.9 Å². The Bertz CT molecular complexity index is 743. The second-order valence-corrected chi connectivity index (χ2v) is 5.07. The number of benzene rings is 1. The molecule has 0 spiro atoms. The van der Waals surface area contributed by atoms with Crippen molar-refractivity contribution < 1.29 is 22.8 Å². The van der Waals surface area contributed by atoms with Gasteiger partial charge in [0.25, 0.3) is 5.91 Å². The molecule has 2 aromatic rings. The van der Waals surface area contributed by atoms with Crippen molar-refractivity contribution in [3.05, 3.63) is 47.8 Å². The number of anilines is 1. The Hall–Kier alpha value is -3.04. The Morgan fingerprint density at radius 2 is 1.76 bits per heavy atom. The van der Waals surface area contributed by atoms with Gasteiger partial charge in [-0.05, 0) is 12.1 Å². The maximum Gasteiger partial charge on any atom is 0.435 e. The number of alkyl halides is 3. The van der Waals surface area contributed by atoms with Gasteiger partial charge in [-0.1, -0.05) is 18.2 Å². The first-order chi connectivity index (χ1) is 11.8. The molecule has 3 amide bonds. The van der Waals surface area contributed by atoms with Gasteiger partial charge in [-0.15, -0.1) is 0 Å². The number of aryl methyl sites for hydroxylation is 1. The first-order valence-electron chi connectivity index (χ1n) is 7.26. The smallest absolute Gasteiger partial charge is 0.350 e. The van der Waals surface area contributed by atoms with Gasteiger partial charge in [0.15, 0.2) is 5.69 Å². The summed E-state index contributed by atoms with van der Waals surface area (Å²) >= 11 is 0. The van der Waals surface area contributed by atoms with Crippen molar-refractivity contribution in [2.24, 2.45) is 7.05 Å². The molecule has 25 heavy (non-hydrogen) atoms. The minimum atomic E-state index is -4.72. The summed E-state index contributed by atoms with van der Waals surface area (Å²) in [4.78, 5) is 23.5. The van der Waals surface area contributed by atoms with E-state index in [9.17, 15) is 22.8 Å². The highest BCUT2D eigenvalue weighted by Gasteiger charge is 2.38. The zero-order valence-electron chi connectivity index (χ0n) is 13.2. The van der Waals surface area contributed by atoms with Crippen molar-refractivity contribution in [2.75, 3.05) is 18.4 Å². The van der Waals surface area contributed by atoms with E-state index in [0.29, 0.717) is 5.69 Å². The summed E-state index contributed by atoms with van der Waals surface area (Å²) in [5.41, 5.74) is -1.22. The molecule has 134 valence electrons. The van der Waals surface area contributed by atoms with Gasteiger partial charge in [-0.2, -0.15) is 18.3 Å². The van der Waals surface area contributed by atoms with E-state index in [1.807, 2.05) is 0 Å². The number of nitrogens with zero attached hydrogens (tertiary/aromatic N) is 2. The molecule has 0 aliphatic rings. The number of aromatic nitrogens is 2. The molecule has 0 bridgehead atoms. The second-order valence-electron chi connectivity index (χ2n) is 5.07. The van der Waals surface area contributed by atoms with Crippen LogP contribution in [0.3, 0.4) is 0 Å². The lowest BCUT2D eigenvalue weighted by Crippen LogP contribution is -2.37. The van der Waals surface area contributed by atoms with Crippen LogP contribution in [0.5, 0.6) is 0 Å². The first kappa shape index (κ1) is 18.3. The number of hydrogen-bond donors (Lipinski definition) is 3. The van der Waals surface area contributed by atoms with E-state index >= 15 is 0 Å². The highest BCUT2D eigenvalue weighted by Crippen LogP contribution is 2.30. The average molecular weight is 355 g/mol. The minimum Gasteiger partial charge on any atom is -0.350 e. The van der Waals surface area contributed by atoms with Crippen LogP contribution in [0.4, 0.5) is 23.7 Å². The van der Waals surface area contributed by atoms with Crippen LogP contribution in [-0.4, -0.2) is 34.8 Å². The summed E-state index contributed by atoms with van der Waals surface area (Å²) in [5, 5.41) is 10.6. The van der Waals surface area contributed by atoms with Gasteiger partial charge in [-0.25, -0.2) is 4.79 Å². The molecule has 0 saturated carbocycles. The van der Waals surface area contributed by atoms with Gasteiger partial charge < -0.3 is 16.0 Å². The number of hydrogen-bond acceptors (Lipinski definition) is 3. The Labute approximate surface area is 141 Å². The molecule has 0 atom stereocenters. The predicted molar refractivity (Wildman–Crippen MR) is 84.0 cm³/mol. The van der Waals surface area contributed by atoms with Crippen LogP contribution in [0.25, 0.3) is 0 Å². The standard InChI is InChI=1S/C15H16F3N5O2/c1-23-9-11(12(22-23)15(16,17)18)13(24)19-7-8-20-14(25)21-10-5-3-2-4-6-10/h2-6,9H,7-8H2,1H3,(H,19,24)(H2,20,21,25). The number of para-hydroxylation sites is 1. The molecule has 0 aliphatic heterocycles. The molecule has 1 heterocycles. The van der Waals surface area contributed by atoms with Gasteiger partial charge in [-0.3, -0.25) is 9.48 Å². The van der Waals surface area contributed by atoms with Crippen LogP contribution in [0.1, 0.15) is 16.1 Å². The Morgan fingerprint density at radius 1 is 1.12 bits per heavy atom. The van der Waals surface area contributed by atoms with Crippen molar-refractivity contribution in [1.82, 2.24) is 20.4 Å². The fraction of sp³-hybridized carbons (Fsp3) is 0.267. The normalized spacial score (nSPS) is 11.0. The molecular weight excluding hydrogens is 339 g/mol. The molecule has 0 radical (unpaired) electrons. The summed E-state index contributed by atoms with van der Waals surface area (Å²) in [6.07, 6.45) is -3.73. The molecule has 0 saturated heterocycles. The van der Waals surface area contributed by atoms with E-state index in [2.05, 4.69) is 21.0 Å². The molecule has 10 heteroatoms. The predicted octanol–water partition coefficient (Wildman–Crippen LogP) is 1.99. The summed E-state index contributed by atoms with van der Waals surface area (Å²) < 4.78 is 39.3. The maximum atomic E-state index is 12.8. The highest BCUT2D eigenvalue weighted by atomic mass is 19.4. The molecule has 1 aromatic carbocycles. The summed E-state index contributed by atoms with van der Waals surface area (Å²) in [7, 11) is 1.29. The molecular formula is C15H16F3N5O2. The number of rotatable bonds is 5. The minimum absolute atomic E-state index is 0.0345. The fourth-order valence-corrected chi connectivity index (χ4v) is 2.01. The molecule has 0 unspecified atom stereocenters. The highest BCUT2D eigenvalue weighted by molar-refractivity contribution is 5.95. The van der Waals surface area contributed by atoms with E-state index in [1.165, 1.54) is 7.05 Å². The van der Waals surface area contributed by atoms with E-state index in [1.54, 1.807) is 30.3 Å². The Balaban J connectivity index is 1.80. The average Bonchev–Trinajstić information content (AvgIpc) is 2.95. The van der Waals surface area contributed by atoms with Gasteiger partial charge in [0.2, 0.25) is 0 Å². The van der Waals surface area contributed by atoms with Crippen LogP contribution < -0.4 is 16.0 Å². The number of amides is 3. The maximum absolute atomic E-state index is 12.8. The summed E-state index contributed by atoms with van der Waals surface area (Å²) in [6, 6.07) is 8.21. The van der Waals surface area contributed by atoms with Crippen molar-refractivity contribution in [3.8, 4) is 0 Å².